The highest BCUT2D eigenvalue weighted by Crippen LogP contribution is 2.30. The van der Waals surface area contributed by atoms with Crippen LogP contribution in [0.4, 0.5) is 24.7 Å². The highest BCUT2D eigenvalue weighted by Gasteiger charge is 2.31. The minimum absolute atomic E-state index is 0.0450. The molecular weight excluding hydrogens is 479 g/mol. The van der Waals surface area contributed by atoms with Crippen molar-refractivity contribution in [2.45, 2.75) is 32.5 Å². The molecule has 2 amide bonds. The number of ether oxygens (including phenoxy) is 1. The van der Waals surface area contributed by atoms with Crippen molar-refractivity contribution in [3.8, 4) is 11.6 Å². The third kappa shape index (κ3) is 5.45. The average molecular weight is 499 g/mol. The fourth-order valence-electron chi connectivity index (χ4n) is 3.52. The minimum atomic E-state index is -4.52. The second-order valence-corrected chi connectivity index (χ2v) is 8.39. The van der Waals surface area contributed by atoms with Crippen LogP contribution in [0.3, 0.4) is 0 Å². The zero-order valence-electron chi connectivity index (χ0n) is 18.9. The number of carbonyl (C=O) groups excluding carboxylic acids is 2. The number of fused-ring (bicyclic) bond motifs is 1. The summed E-state index contributed by atoms with van der Waals surface area (Å²) in [6.45, 7) is 0.132. The largest absolute Gasteiger partial charge is 0.438 e. The van der Waals surface area contributed by atoms with Gasteiger partial charge in [-0.3, -0.25) is 14.3 Å². The number of anilines is 2. The number of rotatable bonds is 7. The highest BCUT2D eigenvalue weighted by atomic mass is 19.4. The molecule has 5 rings (SSSR count). The van der Waals surface area contributed by atoms with Crippen LogP contribution in [0.1, 0.15) is 29.0 Å². The Bertz CT molecular complexity index is 1460. The molecule has 186 valence electrons. The summed E-state index contributed by atoms with van der Waals surface area (Å²) in [5.74, 6) is 0.190. The second kappa shape index (κ2) is 8.98. The number of hydrogen-bond acceptors (Lipinski definition) is 6. The maximum Gasteiger partial charge on any atom is 0.408 e. The fraction of sp³-hybridized carbons (Fsp3) is 0.261. The Morgan fingerprint density at radius 2 is 1.92 bits per heavy atom. The molecule has 0 unspecified atom stereocenters. The van der Waals surface area contributed by atoms with Gasteiger partial charge in [-0.1, -0.05) is 6.07 Å². The number of amides is 2. The summed E-state index contributed by atoms with van der Waals surface area (Å²) in [6, 6.07) is 10.9. The Kier molecular flexibility index (Phi) is 5.82. The molecule has 0 atom stereocenters. The second-order valence-electron chi connectivity index (χ2n) is 8.39. The number of imidazole rings is 1. The molecule has 3 aromatic heterocycles. The number of nitrogens with zero attached hydrogens (tertiary/aromatic N) is 5. The molecule has 13 heteroatoms. The normalized spacial score (nSPS) is 13.6. The predicted octanol–water partition coefficient (Wildman–Crippen LogP) is 4.19. The topological polar surface area (TPSA) is 115 Å². The standard InChI is InChI=1S/C23H20F3N7O3/c1-13-9-17(33(30-13)12-23(24,25)26)22(35)27-15-3-2-4-16(10-15)36-20-8-7-19-28-18(11-32(19)31-20)29-21(34)14-5-6-14/h2-4,7-11,14H,5-6,12H2,1H3,(H,27,35)(H,29,34). The van der Waals surface area contributed by atoms with E-state index < -0.39 is 18.6 Å². The quantitative estimate of drug-likeness (QED) is 0.394. The first kappa shape index (κ1) is 23.3. The smallest absolute Gasteiger partial charge is 0.408 e. The third-order valence-corrected chi connectivity index (χ3v) is 5.27. The Balaban J connectivity index is 1.28. The van der Waals surface area contributed by atoms with Crippen molar-refractivity contribution in [1.82, 2.24) is 24.4 Å². The van der Waals surface area contributed by atoms with Crippen LogP contribution >= 0.6 is 0 Å². The van der Waals surface area contributed by atoms with Gasteiger partial charge in [-0.2, -0.15) is 18.3 Å². The Labute approximate surface area is 202 Å². The van der Waals surface area contributed by atoms with E-state index in [4.69, 9.17) is 4.74 Å². The van der Waals surface area contributed by atoms with Gasteiger partial charge in [-0.25, -0.2) is 9.50 Å². The number of aryl methyl sites for hydroxylation is 1. The van der Waals surface area contributed by atoms with Crippen molar-refractivity contribution < 1.29 is 27.5 Å². The summed E-state index contributed by atoms with van der Waals surface area (Å²) < 4.78 is 46.4. The van der Waals surface area contributed by atoms with Crippen LogP contribution < -0.4 is 15.4 Å². The Hall–Kier alpha value is -4.42. The SMILES string of the molecule is Cc1cc(C(=O)Nc2cccc(Oc3ccc4nc(NC(=O)C5CC5)cn4n3)c2)n(CC(F)(F)F)n1. The van der Waals surface area contributed by atoms with Gasteiger partial charge in [0, 0.05) is 23.7 Å². The first-order chi connectivity index (χ1) is 17.1. The minimum Gasteiger partial charge on any atom is -0.438 e. The van der Waals surface area contributed by atoms with Gasteiger partial charge in [0.05, 0.1) is 11.9 Å². The number of alkyl halides is 3. The van der Waals surface area contributed by atoms with Crippen molar-refractivity contribution in [2.75, 3.05) is 10.6 Å². The molecule has 0 aliphatic heterocycles. The number of aromatic nitrogens is 5. The fourth-order valence-corrected chi connectivity index (χ4v) is 3.52. The van der Waals surface area contributed by atoms with Gasteiger partial charge in [0.15, 0.2) is 11.5 Å². The van der Waals surface area contributed by atoms with E-state index in [-0.39, 0.29) is 29.1 Å². The van der Waals surface area contributed by atoms with Gasteiger partial charge in [-0.05, 0) is 44.0 Å². The van der Waals surface area contributed by atoms with Crippen LogP contribution in [0, 0.1) is 12.8 Å². The van der Waals surface area contributed by atoms with Crippen molar-refractivity contribution >= 4 is 29.0 Å². The molecule has 0 saturated heterocycles. The first-order valence-electron chi connectivity index (χ1n) is 11.0. The van der Waals surface area contributed by atoms with Crippen LogP contribution in [0.5, 0.6) is 11.6 Å². The van der Waals surface area contributed by atoms with Gasteiger partial charge in [0.25, 0.3) is 5.91 Å². The van der Waals surface area contributed by atoms with E-state index in [2.05, 4.69) is 25.8 Å². The van der Waals surface area contributed by atoms with Gasteiger partial charge < -0.3 is 15.4 Å². The molecule has 36 heavy (non-hydrogen) atoms. The monoisotopic (exact) mass is 499 g/mol. The lowest BCUT2D eigenvalue weighted by Gasteiger charge is -2.11. The van der Waals surface area contributed by atoms with Crippen LogP contribution in [-0.2, 0) is 11.3 Å². The van der Waals surface area contributed by atoms with Crippen LogP contribution in [-0.4, -0.2) is 42.4 Å². The lowest BCUT2D eigenvalue weighted by Crippen LogP contribution is -2.24. The van der Waals surface area contributed by atoms with E-state index in [1.54, 1.807) is 36.5 Å². The van der Waals surface area contributed by atoms with Crippen LogP contribution in [0.25, 0.3) is 5.65 Å². The molecule has 3 heterocycles. The lowest BCUT2D eigenvalue weighted by molar-refractivity contribution is -0.142. The Morgan fingerprint density at radius 1 is 1.11 bits per heavy atom. The van der Waals surface area contributed by atoms with E-state index >= 15 is 0 Å². The maximum absolute atomic E-state index is 12.8. The summed E-state index contributed by atoms with van der Waals surface area (Å²) in [4.78, 5) is 28.9. The number of carbonyl (C=O) groups is 2. The molecule has 1 aliphatic rings. The predicted molar refractivity (Wildman–Crippen MR) is 122 cm³/mol. The van der Waals surface area contributed by atoms with Crippen molar-refractivity contribution in [2.24, 2.45) is 5.92 Å². The van der Waals surface area contributed by atoms with Gasteiger partial charge in [-0.15, -0.1) is 5.10 Å². The van der Waals surface area contributed by atoms with Crippen LogP contribution in [0.15, 0.2) is 48.7 Å². The van der Waals surface area contributed by atoms with E-state index in [0.717, 1.165) is 12.8 Å². The number of benzene rings is 1. The molecule has 0 radical (unpaired) electrons. The van der Waals surface area contributed by atoms with Gasteiger partial charge in [0.1, 0.15) is 18.0 Å². The van der Waals surface area contributed by atoms with E-state index in [1.807, 2.05) is 0 Å². The molecule has 1 fully saturated rings. The molecule has 4 aromatic rings. The van der Waals surface area contributed by atoms with E-state index in [9.17, 15) is 22.8 Å². The van der Waals surface area contributed by atoms with Crippen molar-refractivity contribution in [3.05, 3.63) is 60.0 Å². The zero-order chi connectivity index (χ0) is 25.4. The molecule has 10 nitrogen and oxygen atoms in total. The summed E-state index contributed by atoms with van der Waals surface area (Å²) >= 11 is 0. The molecule has 1 saturated carbocycles. The molecular formula is C23H20F3N7O3. The number of nitrogens with one attached hydrogen (secondary N) is 2. The number of halogens is 3. The molecule has 2 N–H and O–H groups in total. The van der Waals surface area contributed by atoms with E-state index in [0.29, 0.717) is 27.6 Å². The van der Waals surface area contributed by atoms with Crippen LogP contribution in [0.2, 0.25) is 0 Å². The maximum atomic E-state index is 12.8. The molecule has 1 aromatic carbocycles. The summed E-state index contributed by atoms with van der Waals surface area (Å²) in [6.07, 6.45) is -1.18. The third-order valence-electron chi connectivity index (χ3n) is 5.27. The average Bonchev–Trinajstić information content (AvgIpc) is 3.48. The zero-order valence-corrected chi connectivity index (χ0v) is 18.9. The Morgan fingerprint density at radius 3 is 2.67 bits per heavy atom. The van der Waals surface area contributed by atoms with Gasteiger partial charge >= 0.3 is 6.18 Å². The van der Waals surface area contributed by atoms with E-state index in [1.165, 1.54) is 23.6 Å². The molecule has 0 bridgehead atoms. The summed E-state index contributed by atoms with van der Waals surface area (Å²) in [5, 5.41) is 13.4. The molecule has 1 aliphatic carbocycles. The molecule has 0 spiro atoms. The van der Waals surface area contributed by atoms with Crippen molar-refractivity contribution in [3.63, 3.8) is 0 Å². The van der Waals surface area contributed by atoms with Crippen molar-refractivity contribution in [1.29, 1.82) is 0 Å². The first-order valence-corrected chi connectivity index (χ1v) is 11.0. The highest BCUT2D eigenvalue weighted by molar-refractivity contribution is 6.03. The number of hydrogen-bond donors (Lipinski definition) is 2. The summed E-state index contributed by atoms with van der Waals surface area (Å²) in [5.41, 5.74) is 0.898. The van der Waals surface area contributed by atoms with Gasteiger partial charge in [0.2, 0.25) is 11.8 Å². The lowest BCUT2D eigenvalue weighted by atomic mass is 10.2. The summed E-state index contributed by atoms with van der Waals surface area (Å²) in [7, 11) is 0.